The van der Waals surface area contributed by atoms with Crippen LogP contribution in [0, 0.1) is 0 Å². The molecule has 0 amide bonds. The van der Waals surface area contributed by atoms with Crippen LogP contribution in [0.5, 0.6) is 0 Å². The van der Waals surface area contributed by atoms with Crippen molar-refractivity contribution in [3.8, 4) is 0 Å². The molecule has 0 spiro atoms. The number of aliphatic hydroxyl groups is 4. The molecule has 0 saturated carbocycles. The molecule has 374 valence electrons. The number of hydrogen-bond donors (Lipinski definition) is 4. The number of hydrogen-bond acceptors (Lipinski definition) is 9. The molecule has 1 aliphatic rings. The van der Waals surface area contributed by atoms with Crippen molar-refractivity contribution in [3.05, 3.63) is 48.6 Å². The smallest absolute Gasteiger partial charge is 0.306 e. The van der Waals surface area contributed by atoms with Crippen molar-refractivity contribution in [2.45, 2.75) is 269 Å². The minimum atomic E-state index is -1.54. The van der Waals surface area contributed by atoms with E-state index in [-0.39, 0.29) is 19.2 Å². The number of carbonyl (C=O) groups is 1. The van der Waals surface area contributed by atoms with Crippen molar-refractivity contribution in [1.82, 2.24) is 0 Å². The normalized spacial score (nSPS) is 19.9. The third-order valence-corrected chi connectivity index (χ3v) is 12.3. The molecular weight excluding hydrogens is 805 g/mol. The van der Waals surface area contributed by atoms with Gasteiger partial charge in [-0.05, 0) is 51.4 Å². The monoisotopic (exact) mass is 905 g/mol. The predicted octanol–water partition coefficient (Wildman–Crippen LogP) is 13.3. The number of rotatable bonds is 46. The molecule has 0 aromatic heterocycles. The van der Waals surface area contributed by atoms with Crippen LogP contribution in [0.3, 0.4) is 0 Å². The van der Waals surface area contributed by atoms with E-state index in [0.29, 0.717) is 13.0 Å². The summed E-state index contributed by atoms with van der Waals surface area (Å²) < 4.78 is 22.9. The van der Waals surface area contributed by atoms with Crippen molar-refractivity contribution in [3.63, 3.8) is 0 Å². The summed E-state index contributed by atoms with van der Waals surface area (Å²) in [6, 6.07) is 0. The molecule has 0 radical (unpaired) electrons. The Morgan fingerprint density at radius 3 is 1.44 bits per heavy atom. The average molecular weight is 905 g/mol. The van der Waals surface area contributed by atoms with E-state index in [9.17, 15) is 25.2 Å². The highest BCUT2D eigenvalue weighted by atomic mass is 16.7. The first kappa shape index (κ1) is 60.2. The Hall–Kier alpha value is -1.85. The Balaban J connectivity index is 2.19. The lowest BCUT2D eigenvalue weighted by atomic mass is 9.99. The summed E-state index contributed by atoms with van der Waals surface area (Å²) in [5.41, 5.74) is 0. The number of ether oxygens (including phenoxy) is 4. The zero-order valence-corrected chi connectivity index (χ0v) is 41.3. The molecule has 0 aromatic rings. The summed E-state index contributed by atoms with van der Waals surface area (Å²) in [5, 5.41) is 40.3. The predicted molar refractivity (Wildman–Crippen MR) is 265 cm³/mol. The van der Waals surface area contributed by atoms with Gasteiger partial charge in [0.15, 0.2) is 6.29 Å². The van der Waals surface area contributed by atoms with Crippen molar-refractivity contribution in [2.75, 3.05) is 26.4 Å². The van der Waals surface area contributed by atoms with Crippen molar-refractivity contribution < 1.29 is 44.2 Å². The maximum Gasteiger partial charge on any atom is 0.306 e. The van der Waals surface area contributed by atoms with Crippen LogP contribution < -0.4 is 0 Å². The molecule has 1 fully saturated rings. The molecule has 1 aliphatic heterocycles. The lowest BCUT2D eigenvalue weighted by Gasteiger charge is -2.39. The molecule has 0 bridgehead atoms. The standard InChI is InChI=1S/C55H100O9/c1-3-5-7-9-11-13-15-17-19-21-23-24-25-27-29-31-33-35-37-39-41-43-45-61-47-49(48-62-55-54(60)53(59)52(58)50(46-56)64-55)63-51(57)44-42-40-38-36-34-32-30-28-26-22-20-18-16-14-12-10-8-6-4-2/h6,8,12,14,18,20,26,28,49-50,52-56,58-60H,3-5,7,9-11,13,15-17,19,21-25,27,29-48H2,1-2H3/b8-6-,14-12-,20-18-,28-26-. The second kappa shape index (κ2) is 46.3. The Bertz CT molecular complexity index is 1120. The Labute approximate surface area is 392 Å². The molecule has 9 nitrogen and oxygen atoms in total. The average Bonchev–Trinajstić information content (AvgIpc) is 3.30. The van der Waals surface area contributed by atoms with E-state index in [0.717, 1.165) is 70.6 Å². The number of esters is 1. The van der Waals surface area contributed by atoms with Gasteiger partial charge in [-0.1, -0.05) is 223 Å². The molecule has 6 unspecified atom stereocenters. The van der Waals surface area contributed by atoms with Gasteiger partial charge in [0.05, 0.1) is 19.8 Å². The van der Waals surface area contributed by atoms with Gasteiger partial charge >= 0.3 is 5.97 Å². The van der Waals surface area contributed by atoms with Gasteiger partial charge in [0.25, 0.3) is 0 Å². The zero-order valence-electron chi connectivity index (χ0n) is 41.3. The van der Waals surface area contributed by atoms with E-state index in [1.807, 2.05) is 0 Å². The number of allylic oxidation sites excluding steroid dienone is 8. The van der Waals surface area contributed by atoms with E-state index < -0.39 is 43.4 Å². The largest absolute Gasteiger partial charge is 0.457 e. The molecule has 1 heterocycles. The first-order chi connectivity index (χ1) is 31.4. The van der Waals surface area contributed by atoms with E-state index in [2.05, 4.69) is 62.5 Å². The van der Waals surface area contributed by atoms with Gasteiger partial charge in [-0.3, -0.25) is 4.79 Å². The second-order valence-corrected chi connectivity index (χ2v) is 18.3. The maximum atomic E-state index is 12.8. The van der Waals surface area contributed by atoms with Crippen LogP contribution in [-0.4, -0.2) is 89.6 Å². The molecular formula is C55H100O9. The molecule has 0 aliphatic carbocycles. The van der Waals surface area contributed by atoms with Gasteiger partial charge in [-0.25, -0.2) is 0 Å². The fraction of sp³-hybridized carbons (Fsp3) is 0.836. The first-order valence-corrected chi connectivity index (χ1v) is 26.7. The van der Waals surface area contributed by atoms with E-state index >= 15 is 0 Å². The minimum Gasteiger partial charge on any atom is -0.457 e. The van der Waals surface area contributed by atoms with Gasteiger partial charge in [0.1, 0.15) is 30.5 Å². The van der Waals surface area contributed by atoms with Crippen LogP contribution in [0.15, 0.2) is 48.6 Å². The minimum absolute atomic E-state index is 0.118. The van der Waals surface area contributed by atoms with Crippen LogP contribution >= 0.6 is 0 Å². The summed E-state index contributed by atoms with van der Waals surface area (Å²) in [4.78, 5) is 12.8. The van der Waals surface area contributed by atoms with Gasteiger partial charge in [-0.15, -0.1) is 0 Å². The summed E-state index contributed by atoms with van der Waals surface area (Å²) in [6.07, 6.45) is 51.5. The van der Waals surface area contributed by atoms with Gasteiger partial charge in [-0.2, -0.15) is 0 Å². The molecule has 1 saturated heterocycles. The number of unbranched alkanes of at least 4 members (excludes halogenated alkanes) is 27. The fourth-order valence-electron chi connectivity index (χ4n) is 8.13. The lowest BCUT2D eigenvalue weighted by molar-refractivity contribution is -0.305. The number of aliphatic hydroxyl groups excluding tert-OH is 4. The van der Waals surface area contributed by atoms with E-state index in [1.165, 1.54) is 141 Å². The van der Waals surface area contributed by atoms with Crippen molar-refractivity contribution in [1.29, 1.82) is 0 Å². The fourth-order valence-corrected chi connectivity index (χ4v) is 8.13. The molecule has 1 rings (SSSR count). The zero-order chi connectivity index (χ0) is 46.4. The molecule has 0 aromatic carbocycles. The summed E-state index contributed by atoms with van der Waals surface area (Å²) in [6.45, 7) is 4.47. The number of carbonyl (C=O) groups excluding carboxylic acids is 1. The van der Waals surface area contributed by atoms with E-state index in [1.54, 1.807) is 0 Å². The highest BCUT2D eigenvalue weighted by Crippen LogP contribution is 2.23. The van der Waals surface area contributed by atoms with Crippen LogP contribution in [0.4, 0.5) is 0 Å². The molecule has 6 atom stereocenters. The summed E-state index contributed by atoms with van der Waals surface area (Å²) in [7, 11) is 0. The van der Waals surface area contributed by atoms with Crippen LogP contribution in [0.1, 0.15) is 232 Å². The van der Waals surface area contributed by atoms with Crippen LogP contribution in [0.2, 0.25) is 0 Å². The lowest BCUT2D eigenvalue weighted by Crippen LogP contribution is -2.59. The Morgan fingerprint density at radius 2 is 0.953 bits per heavy atom. The van der Waals surface area contributed by atoms with Crippen molar-refractivity contribution in [2.24, 2.45) is 0 Å². The highest BCUT2D eigenvalue weighted by Gasteiger charge is 2.44. The third kappa shape index (κ3) is 36.3. The Kier molecular flexibility index (Phi) is 43.5. The SMILES string of the molecule is CC/C=C\C/C=C\C/C=C\C/C=C\CCCCCCCCC(=O)OC(COCCCCCCCCCCCCCCCCCCCCCCCC)COC1OC(CO)C(O)C(O)C1O. The van der Waals surface area contributed by atoms with Gasteiger partial charge in [0.2, 0.25) is 0 Å². The molecule has 9 heteroatoms. The Morgan fingerprint density at radius 1 is 0.516 bits per heavy atom. The summed E-state index contributed by atoms with van der Waals surface area (Å²) >= 11 is 0. The van der Waals surface area contributed by atoms with Gasteiger partial charge in [0, 0.05) is 13.0 Å². The summed E-state index contributed by atoms with van der Waals surface area (Å²) in [5.74, 6) is -0.324. The third-order valence-electron chi connectivity index (χ3n) is 12.3. The highest BCUT2D eigenvalue weighted by molar-refractivity contribution is 5.69. The first-order valence-electron chi connectivity index (χ1n) is 26.7. The van der Waals surface area contributed by atoms with Crippen LogP contribution in [-0.2, 0) is 23.7 Å². The molecule has 4 N–H and O–H groups in total. The second-order valence-electron chi connectivity index (χ2n) is 18.3. The maximum absolute atomic E-state index is 12.8. The van der Waals surface area contributed by atoms with Crippen molar-refractivity contribution >= 4 is 5.97 Å². The molecule has 64 heavy (non-hydrogen) atoms. The van der Waals surface area contributed by atoms with Gasteiger partial charge < -0.3 is 39.4 Å². The quantitative estimate of drug-likeness (QED) is 0.0267. The van der Waals surface area contributed by atoms with E-state index in [4.69, 9.17) is 18.9 Å². The topological polar surface area (TPSA) is 135 Å². The van der Waals surface area contributed by atoms with Crippen LogP contribution in [0.25, 0.3) is 0 Å².